The average Bonchev–Trinajstić information content (AvgIpc) is 3.28. The van der Waals surface area contributed by atoms with E-state index in [1.165, 1.54) is 4.90 Å². The van der Waals surface area contributed by atoms with Crippen molar-refractivity contribution in [3.63, 3.8) is 0 Å². The number of amides is 2. The number of hydrogen-bond acceptors (Lipinski definition) is 4. The molecule has 9 heteroatoms. The molecule has 1 fully saturated rings. The van der Waals surface area contributed by atoms with Crippen molar-refractivity contribution in [2.75, 3.05) is 17.1 Å². The normalized spacial score (nSPS) is 15.1. The van der Waals surface area contributed by atoms with Crippen LogP contribution in [-0.2, 0) is 26.2 Å². The van der Waals surface area contributed by atoms with Gasteiger partial charge in [0.15, 0.2) is 0 Å². The van der Waals surface area contributed by atoms with Crippen LogP contribution in [0.15, 0.2) is 48.5 Å². The zero-order valence-electron chi connectivity index (χ0n) is 19.8. The highest BCUT2D eigenvalue weighted by Crippen LogP contribution is 2.22. The summed E-state index contributed by atoms with van der Waals surface area (Å²) in [5.74, 6) is -0.693. The third-order valence-electron chi connectivity index (χ3n) is 6.10. The highest BCUT2D eigenvalue weighted by molar-refractivity contribution is 7.92. The first-order valence-corrected chi connectivity index (χ1v) is 13.7. The summed E-state index contributed by atoms with van der Waals surface area (Å²) in [7, 11) is -3.76. The van der Waals surface area contributed by atoms with E-state index in [9.17, 15) is 18.0 Å². The summed E-state index contributed by atoms with van der Waals surface area (Å²) in [5.41, 5.74) is 2.23. The lowest BCUT2D eigenvalue weighted by Gasteiger charge is -2.32. The Labute approximate surface area is 207 Å². The summed E-state index contributed by atoms with van der Waals surface area (Å²) in [6.07, 6.45) is 5.08. The molecular formula is C25H32ClN3O4S. The van der Waals surface area contributed by atoms with Gasteiger partial charge in [-0.2, -0.15) is 0 Å². The van der Waals surface area contributed by atoms with Gasteiger partial charge in [0, 0.05) is 17.6 Å². The van der Waals surface area contributed by atoms with Gasteiger partial charge in [0.25, 0.3) is 0 Å². The van der Waals surface area contributed by atoms with Gasteiger partial charge in [0.2, 0.25) is 21.8 Å². The van der Waals surface area contributed by atoms with E-state index in [-0.39, 0.29) is 18.5 Å². The number of aryl methyl sites for hydroxylation is 1. The molecule has 0 aromatic heterocycles. The van der Waals surface area contributed by atoms with Gasteiger partial charge in [-0.05, 0) is 56.5 Å². The molecule has 34 heavy (non-hydrogen) atoms. The third kappa shape index (κ3) is 6.96. The van der Waals surface area contributed by atoms with Gasteiger partial charge >= 0.3 is 0 Å². The number of carbonyl (C=O) groups excluding carboxylic acids is 2. The Morgan fingerprint density at radius 1 is 1.12 bits per heavy atom. The third-order valence-corrected chi connectivity index (χ3v) is 7.49. The number of nitrogens with one attached hydrogen (secondary N) is 1. The first kappa shape index (κ1) is 26.0. The predicted molar refractivity (Wildman–Crippen MR) is 135 cm³/mol. The molecular weight excluding hydrogens is 474 g/mol. The van der Waals surface area contributed by atoms with Crippen molar-refractivity contribution in [3.8, 4) is 0 Å². The highest BCUT2D eigenvalue weighted by atomic mass is 35.5. The van der Waals surface area contributed by atoms with Crippen molar-refractivity contribution in [3.05, 3.63) is 64.7 Å². The fourth-order valence-corrected chi connectivity index (χ4v) is 5.18. The summed E-state index contributed by atoms with van der Waals surface area (Å²) < 4.78 is 26.1. The molecule has 7 nitrogen and oxygen atoms in total. The molecule has 0 bridgehead atoms. The molecule has 0 spiro atoms. The van der Waals surface area contributed by atoms with E-state index in [1.54, 1.807) is 31.2 Å². The average molecular weight is 506 g/mol. The molecule has 2 aromatic rings. The van der Waals surface area contributed by atoms with Crippen LogP contribution in [0.2, 0.25) is 5.02 Å². The monoisotopic (exact) mass is 505 g/mol. The van der Waals surface area contributed by atoms with E-state index in [0.29, 0.717) is 10.7 Å². The van der Waals surface area contributed by atoms with E-state index in [1.807, 2.05) is 31.2 Å². The van der Waals surface area contributed by atoms with Crippen molar-refractivity contribution in [2.24, 2.45) is 0 Å². The Morgan fingerprint density at radius 2 is 1.76 bits per heavy atom. The molecule has 0 aliphatic heterocycles. The highest BCUT2D eigenvalue weighted by Gasteiger charge is 2.31. The van der Waals surface area contributed by atoms with E-state index in [0.717, 1.165) is 47.4 Å². The molecule has 0 saturated heterocycles. The van der Waals surface area contributed by atoms with Crippen LogP contribution < -0.4 is 9.62 Å². The Bertz CT molecular complexity index is 1120. The number of sulfonamides is 1. The largest absolute Gasteiger partial charge is 0.352 e. The molecule has 0 unspecified atom stereocenters. The molecule has 2 amide bonds. The molecule has 3 rings (SSSR count). The molecule has 1 saturated carbocycles. The predicted octanol–water partition coefficient (Wildman–Crippen LogP) is 3.89. The van der Waals surface area contributed by atoms with Gasteiger partial charge in [0.05, 0.1) is 11.9 Å². The van der Waals surface area contributed by atoms with Crippen molar-refractivity contribution in [1.82, 2.24) is 10.2 Å². The van der Waals surface area contributed by atoms with E-state index in [4.69, 9.17) is 11.6 Å². The summed E-state index contributed by atoms with van der Waals surface area (Å²) in [6, 6.07) is 13.3. The smallest absolute Gasteiger partial charge is 0.244 e. The first-order valence-electron chi connectivity index (χ1n) is 11.4. The second kappa shape index (κ2) is 11.2. The van der Waals surface area contributed by atoms with Gasteiger partial charge in [0.1, 0.15) is 12.6 Å². The Balaban J connectivity index is 1.87. The van der Waals surface area contributed by atoms with Crippen LogP contribution in [0, 0.1) is 6.92 Å². The molecule has 1 atom stereocenters. The van der Waals surface area contributed by atoms with E-state index < -0.39 is 28.5 Å². The maximum Gasteiger partial charge on any atom is 0.244 e. The zero-order chi connectivity index (χ0) is 24.9. The van der Waals surface area contributed by atoms with Crippen LogP contribution in [-0.4, -0.2) is 50.0 Å². The van der Waals surface area contributed by atoms with Crippen molar-refractivity contribution in [1.29, 1.82) is 0 Å². The van der Waals surface area contributed by atoms with Crippen molar-refractivity contribution >= 4 is 39.1 Å². The minimum atomic E-state index is -3.76. The first-order chi connectivity index (χ1) is 16.0. The molecule has 1 N–H and O–H groups in total. The van der Waals surface area contributed by atoms with Gasteiger partial charge < -0.3 is 10.2 Å². The van der Waals surface area contributed by atoms with Gasteiger partial charge in [-0.3, -0.25) is 13.9 Å². The van der Waals surface area contributed by atoms with Gasteiger partial charge in [-0.25, -0.2) is 8.42 Å². The molecule has 0 heterocycles. The van der Waals surface area contributed by atoms with Crippen LogP contribution in [0.4, 0.5) is 5.69 Å². The van der Waals surface area contributed by atoms with Crippen LogP contribution in [0.5, 0.6) is 0 Å². The van der Waals surface area contributed by atoms with Crippen LogP contribution in [0.3, 0.4) is 0 Å². The fourth-order valence-electron chi connectivity index (χ4n) is 4.20. The summed E-state index contributed by atoms with van der Waals surface area (Å²) >= 11 is 5.95. The summed E-state index contributed by atoms with van der Waals surface area (Å²) in [4.78, 5) is 28.0. The summed E-state index contributed by atoms with van der Waals surface area (Å²) in [6.45, 7) is 3.41. The van der Waals surface area contributed by atoms with E-state index in [2.05, 4.69) is 5.32 Å². The second-order valence-corrected chi connectivity index (χ2v) is 11.3. The Hall–Kier alpha value is -2.58. The van der Waals surface area contributed by atoms with Gasteiger partial charge in [-0.15, -0.1) is 0 Å². The lowest BCUT2D eigenvalue weighted by atomic mass is 10.1. The lowest BCUT2D eigenvalue weighted by Crippen LogP contribution is -2.52. The fraction of sp³-hybridized carbons (Fsp3) is 0.440. The topological polar surface area (TPSA) is 86.8 Å². The maximum atomic E-state index is 13.5. The molecule has 1 aliphatic rings. The molecule has 1 aliphatic carbocycles. The number of hydrogen-bond donors (Lipinski definition) is 1. The number of rotatable bonds is 9. The van der Waals surface area contributed by atoms with Crippen LogP contribution in [0.25, 0.3) is 0 Å². The minimum absolute atomic E-state index is 0.118. The molecule has 2 aromatic carbocycles. The Kier molecular flexibility index (Phi) is 8.60. The maximum absolute atomic E-state index is 13.5. The number of carbonyl (C=O) groups is 2. The van der Waals surface area contributed by atoms with E-state index >= 15 is 0 Å². The molecule has 0 radical (unpaired) electrons. The van der Waals surface area contributed by atoms with Crippen molar-refractivity contribution in [2.45, 2.75) is 58.2 Å². The second-order valence-electron chi connectivity index (χ2n) is 8.92. The lowest BCUT2D eigenvalue weighted by molar-refractivity contribution is -0.139. The minimum Gasteiger partial charge on any atom is -0.352 e. The SMILES string of the molecule is Cc1cccc(CN(C(=O)CN(c2ccc(Cl)cc2)S(C)(=O)=O)[C@@H](C)C(=O)NC2CCCC2)c1. The number of halogens is 1. The quantitative estimate of drug-likeness (QED) is 0.560. The number of nitrogens with zero attached hydrogens (tertiary/aromatic N) is 2. The summed E-state index contributed by atoms with van der Waals surface area (Å²) in [5, 5.41) is 3.51. The van der Waals surface area contributed by atoms with Gasteiger partial charge in [-0.1, -0.05) is 54.3 Å². The number of anilines is 1. The van der Waals surface area contributed by atoms with Crippen LogP contribution in [0.1, 0.15) is 43.7 Å². The standard InChI is InChI=1S/C25H32ClN3O4S/c1-18-7-6-8-20(15-18)16-28(19(2)25(31)27-22-9-4-5-10-22)24(30)17-29(34(3,32)33)23-13-11-21(26)12-14-23/h6-8,11-15,19,22H,4-5,9-10,16-17H2,1-3H3,(H,27,31)/t19-/m0/s1. The zero-order valence-corrected chi connectivity index (χ0v) is 21.4. The molecule has 184 valence electrons. The Morgan fingerprint density at radius 3 is 2.35 bits per heavy atom. The number of benzene rings is 2. The van der Waals surface area contributed by atoms with Crippen molar-refractivity contribution < 1.29 is 18.0 Å². The van der Waals surface area contributed by atoms with Crippen LogP contribution >= 0.6 is 11.6 Å².